The van der Waals surface area contributed by atoms with E-state index in [-0.39, 0.29) is 6.10 Å². The molecule has 1 unspecified atom stereocenters. The molecule has 0 saturated carbocycles. The summed E-state index contributed by atoms with van der Waals surface area (Å²) in [4.78, 5) is 4.11. The molecule has 0 rings (SSSR count). The Bertz CT molecular complexity index is 223. The third-order valence-corrected chi connectivity index (χ3v) is 1.43. The number of ether oxygens (including phenoxy) is 1. The number of nitrogens with zero attached hydrogens (tertiary/aromatic N) is 1. The largest absolute Gasteiger partial charge is 0.375 e. The number of aliphatic imine (C=N–C) groups is 1. The second-order valence-electron chi connectivity index (χ2n) is 2.52. The van der Waals surface area contributed by atoms with Gasteiger partial charge in [0.05, 0.1) is 6.10 Å². The highest BCUT2D eigenvalue weighted by molar-refractivity contribution is 6.08. The van der Waals surface area contributed by atoms with Crippen LogP contribution in [0.5, 0.6) is 0 Å². The molecule has 2 nitrogen and oxygen atoms in total. The van der Waals surface area contributed by atoms with Crippen molar-refractivity contribution >= 4 is 5.71 Å². The molecule has 0 aliphatic carbocycles. The smallest absolute Gasteiger partial charge is 0.107 e. The van der Waals surface area contributed by atoms with E-state index in [1.165, 1.54) is 0 Å². The Kier molecular flexibility index (Phi) is 6.95. The van der Waals surface area contributed by atoms with Gasteiger partial charge in [-0.15, -0.1) is 6.42 Å². The summed E-state index contributed by atoms with van der Waals surface area (Å²) in [5.74, 6) is 2.51. The first kappa shape index (κ1) is 11.9. The van der Waals surface area contributed by atoms with E-state index in [0.717, 1.165) is 0 Å². The second-order valence-corrected chi connectivity index (χ2v) is 2.52. The Morgan fingerprint density at radius 2 is 2.31 bits per heavy atom. The van der Waals surface area contributed by atoms with Crippen LogP contribution in [-0.4, -0.2) is 25.0 Å². The molecule has 0 bridgehead atoms. The lowest BCUT2D eigenvalue weighted by Gasteiger charge is -2.04. The van der Waals surface area contributed by atoms with Gasteiger partial charge in [0.1, 0.15) is 5.71 Å². The summed E-state index contributed by atoms with van der Waals surface area (Å²) in [6.45, 7) is 7.32. The van der Waals surface area contributed by atoms with Gasteiger partial charge < -0.3 is 4.74 Å². The lowest BCUT2D eigenvalue weighted by molar-refractivity contribution is 0.109. The van der Waals surface area contributed by atoms with Crippen LogP contribution in [0.3, 0.4) is 0 Å². The Morgan fingerprint density at radius 3 is 2.77 bits per heavy atom. The molecule has 0 aliphatic heterocycles. The fraction of sp³-hybridized carbons (Fsp3) is 0.545. The molecule has 0 heterocycles. The van der Waals surface area contributed by atoms with Crippen molar-refractivity contribution in [2.45, 2.75) is 26.9 Å². The predicted molar refractivity (Wildman–Crippen MR) is 57.0 cm³/mol. The van der Waals surface area contributed by atoms with Crippen molar-refractivity contribution < 1.29 is 4.74 Å². The average Bonchev–Trinajstić information content (AvgIpc) is 2.12. The summed E-state index contributed by atoms with van der Waals surface area (Å²) in [6, 6.07) is 0. The summed E-state index contributed by atoms with van der Waals surface area (Å²) in [7, 11) is 0. The van der Waals surface area contributed by atoms with Gasteiger partial charge in [-0.2, -0.15) is 0 Å². The van der Waals surface area contributed by atoms with Crippen molar-refractivity contribution in [3.8, 4) is 12.3 Å². The van der Waals surface area contributed by atoms with Crippen molar-refractivity contribution in [2.24, 2.45) is 4.99 Å². The molecule has 0 aromatic heterocycles. The number of hydrogen-bond donors (Lipinski definition) is 0. The zero-order chi connectivity index (χ0) is 10.1. The molecule has 1 atom stereocenters. The lowest BCUT2D eigenvalue weighted by atomic mass is 10.3. The second kappa shape index (κ2) is 7.57. The zero-order valence-electron chi connectivity index (χ0n) is 8.58. The fourth-order valence-corrected chi connectivity index (χ4v) is 0.862. The summed E-state index contributed by atoms with van der Waals surface area (Å²) < 4.78 is 5.30. The minimum Gasteiger partial charge on any atom is -0.375 e. The van der Waals surface area contributed by atoms with E-state index in [0.29, 0.717) is 18.9 Å². The molecule has 0 aromatic rings. The average molecular weight is 179 g/mol. The summed E-state index contributed by atoms with van der Waals surface area (Å²) in [5, 5.41) is 0. The highest BCUT2D eigenvalue weighted by Crippen LogP contribution is 1.93. The van der Waals surface area contributed by atoms with Crippen molar-refractivity contribution in [3.63, 3.8) is 0 Å². The van der Waals surface area contributed by atoms with E-state index in [1.807, 2.05) is 32.9 Å². The minimum atomic E-state index is 0.0976. The lowest BCUT2D eigenvalue weighted by Crippen LogP contribution is -2.04. The molecule has 0 aliphatic rings. The van der Waals surface area contributed by atoms with Crippen molar-refractivity contribution in [1.29, 1.82) is 0 Å². The predicted octanol–water partition coefficient (Wildman–Crippen LogP) is 2.06. The SMILES string of the molecule is C#CC(/C=C\C(C)OCC)=N/CC. The molecule has 2 heteroatoms. The molecule has 0 saturated heterocycles. The van der Waals surface area contributed by atoms with Crippen LogP contribution in [0.25, 0.3) is 0 Å². The van der Waals surface area contributed by atoms with Gasteiger partial charge in [-0.3, -0.25) is 4.99 Å². The van der Waals surface area contributed by atoms with Gasteiger partial charge in [0, 0.05) is 13.2 Å². The maximum absolute atomic E-state index is 5.30. The first-order valence-electron chi connectivity index (χ1n) is 4.55. The van der Waals surface area contributed by atoms with Crippen LogP contribution in [0.15, 0.2) is 17.1 Å². The molecular weight excluding hydrogens is 162 g/mol. The van der Waals surface area contributed by atoms with Gasteiger partial charge >= 0.3 is 0 Å². The molecule has 0 fully saturated rings. The van der Waals surface area contributed by atoms with Crippen molar-refractivity contribution in [1.82, 2.24) is 0 Å². The molecule has 0 N–H and O–H groups in total. The van der Waals surface area contributed by atoms with Crippen LogP contribution in [0, 0.1) is 12.3 Å². The summed E-state index contributed by atoms with van der Waals surface area (Å²) in [6.07, 6.45) is 9.08. The monoisotopic (exact) mass is 179 g/mol. The third kappa shape index (κ3) is 6.12. The van der Waals surface area contributed by atoms with Crippen molar-refractivity contribution in [3.05, 3.63) is 12.2 Å². The molecular formula is C11H17NO. The normalized spacial score (nSPS) is 14.5. The Morgan fingerprint density at radius 1 is 1.62 bits per heavy atom. The topological polar surface area (TPSA) is 21.6 Å². The van der Waals surface area contributed by atoms with Gasteiger partial charge in [-0.05, 0) is 26.8 Å². The van der Waals surface area contributed by atoms with E-state index in [4.69, 9.17) is 11.2 Å². The Balaban J connectivity index is 4.08. The highest BCUT2D eigenvalue weighted by atomic mass is 16.5. The van der Waals surface area contributed by atoms with E-state index >= 15 is 0 Å². The summed E-state index contributed by atoms with van der Waals surface area (Å²) in [5.41, 5.74) is 0.675. The van der Waals surface area contributed by atoms with Crippen LogP contribution in [0.2, 0.25) is 0 Å². The quantitative estimate of drug-likeness (QED) is 0.467. The molecule has 72 valence electrons. The minimum absolute atomic E-state index is 0.0976. The number of hydrogen-bond acceptors (Lipinski definition) is 2. The van der Waals surface area contributed by atoms with E-state index in [9.17, 15) is 0 Å². The van der Waals surface area contributed by atoms with Gasteiger partial charge in [-0.25, -0.2) is 0 Å². The summed E-state index contributed by atoms with van der Waals surface area (Å²) >= 11 is 0. The van der Waals surface area contributed by atoms with E-state index < -0.39 is 0 Å². The zero-order valence-corrected chi connectivity index (χ0v) is 8.58. The number of allylic oxidation sites excluding steroid dienone is 1. The molecule has 0 spiro atoms. The standard InChI is InChI=1S/C11H17NO/c1-5-11(12-6-2)9-8-10(4)13-7-3/h1,8-10H,6-7H2,2-4H3/b9-8-,12-11-. The highest BCUT2D eigenvalue weighted by Gasteiger charge is 1.93. The van der Waals surface area contributed by atoms with Crippen LogP contribution < -0.4 is 0 Å². The maximum Gasteiger partial charge on any atom is 0.107 e. The molecule has 0 aromatic carbocycles. The van der Waals surface area contributed by atoms with Crippen LogP contribution in [-0.2, 0) is 4.74 Å². The van der Waals surface area contributed by atoms with E-state index in [2.05, 4.69) is 10.9 Å². The van der Waals surface area contributed by atoms with Gasteiger partial charge in [0.2, 0.25) is 0 Å². The fourth-order valence-electron chi connectivity index (χ4n) is 0.862. The molecule has 0 amide bonds. The van der Waals surface area contributed by atoms with Gasteiger partial charge in [0.25, 0.3) is 0 Å². The molecule has 0 radical (unpaired) electrons. The number of rotatable bonds is 5. The van der Waals surface area contributed by atoms with Crippen LogP contribution in [0.4, 0.5) is 0 Å². The van der Waals surface area contributed by atoms with Crippen molar-refractivity contribution in [2.75, 3.05) is 13.2 Å². The van der Waals surface area contributed by atoms with Crippen LogP contribution >= 0.6 is 0 Å². The first-order valence-corrected chi connectivity index (χ1v) is 4.55. The Labute approximate surface area is 80.7 Å². The first-order chi connectivity index (χ1) is 6.24. The third-order valence-electron chi connectivity index (χ3n) is 1.43. The maximum atomic E-state index is 5.30. The van der Waals surface area contributed by atoms with E-state index in [1.54, 1.807) is 0 Å². The van der Waals surface area contributed by atoms with Gasteiger partial charge in [-0.1, -0.05) is 12.0 Å². The Hall–Kier alpha value is -1.07. The van der Waals surface area contributed by atoms with Crippen LogP contribution in [0.1, 0.15) is 20.8 Å². The van der Waals surface area contributed by atoms with Gasteiger partial charge in [0.15, 0.2) is 0 Å². The number of terminal acetylenes is 1. The molecule has 13 heavy (non-hydrogen) atoms.